The van der Waals surface area contributed by atoms with E-state index in [0.29, 0.717) is 30.3 Å². The van der Waals surface area contributed by atoms with Gasteiger partial charge in [-0.05, 0) is 45.4 Å². The molecule has 3 saturated heterocycles. The van der Waals surface area contributed by atoms with Crippen LogP contribution in [0.3, 0.4) is 0 Å². The number of likely N-dealkylation sites (tertiary alicyclic amines) is 2. The third-order valence-electron chi connectivity index (χ3n) is 6.58. The summed E-state index contributed by atoms with van der Waals surface area (Å²) >= 11 is 0. The Morgan fingerprint density at radius 2 is 1.81 bits per heavy atom. The van der Waals surface area contributed by atoms with E-state index < -0.39 is 12.1 Å². The number of piperidine rings is 1. The molecule has 11 heteroatoms. The number of carbonyl (C=O) groups excluding carboxylic acids is 1. The molecule has 4 heterocycles. The van der Waals surface area contributed by atoms with E-state index in [-0.39, 0.29) is 0 Å². The maximum atomic E-state index is 12.6. The number of carboxylic acid groups (broad SMARTS) is 1. The molecule has 3 aliphatic rings. The van der Waals surface area contributed by atoms with Gasteiger partial charge in [-0.3, -0.25) is 9.69 Å². The number of amides is 1. The molecule has 8 nitrogen and oxygen atoms in total. The highest BCUT2D eigenvalue weighted by molar-refractivity contribution is 5.77. The molecule has 180 valence electrons. The number of alkyl halides is 3. The molecule has 0 bridgehead atoms. The number of hydrogen-bond acceptors (Lipinski definition) is 6. The zero-order valence-corrected chi connectivity index (χ0v) is 18.4. The van der Waals surface area contributed by atoms with Crippen LogP contribution in [0.1, 0.15) is 49.1 Å². The summed E-state index contributed by atoms with van der Waals surface area (Å²) in [6.07, 6.45) is -0.156. The Morgan fingerprint density at radius 1 is 1.16 bits per heavy atom. The van der Waals surface area contributed by atoms with Gasteiger partial charge < -0.3 is 19.3 Å². The zero-order valence-electron chi connectivity index (χ0n) is 18.4. The van der Waals surface area contributed by atoms with Gasteiger partial charge in [-0.25, -0.2) is 4.79 Å². The van der Waals surface area contributed by atoms with Crippen LogP contribution in [0.2, 0.25) is 0 Å². The van der Waals surface area contributed by atoms with Gasteiger partial charge in [0.25, 0.3) is 0 Å². The maximum absolute atomic E-state index is 12.6. The average Bonchev–Trinajstić information content (AvgIpc) is 3.29. The van der Waals surface area contributed by atoms with Gasteiger partial charge in [0, 0.05) is 56.9 Å². The minimum atomic E-state index is -5.08. The van der Waals surface area contributed by atoms with Crippen LogP contribution in [-0.2, 0) is 20.9 Å². The van der Waals surface area contributed by atoms with Crippen LogP contribution in [-0.4, -0.2) is 76.5 Å². The lowest BCUT2D eigenvalue weighted by Crippen LogP contribution is -2.53. The van der Waals surface area contributed by atoms with Crippen molar-refractivity contribution >= 4 is 11.9 Å². The van der Waals surface area contributed by atoms with Gasteiger partial charge in [0.2, 0.25) is 5.91 Å². The van der Waals surface area contributed by atoms with Crippen molar-refractivity contribution in [3.8, 4) is 0 Å². The van der Waals surface area contributed by atoms with Crippen molar-refractivity contribution in [2.24, 2.45) is 5.92 Å². The Bertz CT molecular complexity index is 788. The summed E-state index contributed by atoms with van der Waals surface area (Å²) in [7, 11) is 0. The summed E-state index contributed by atoms with van der Waals surface area (Å²) in [5, 5.41) is 11.2. The summed E-state index contributed by atoms with van der Waals surface area (Å²) in [6, 6.07) is 0.857. The molecule has 3 aliphatic heterocycles. The number of aliphatic carboxylic acids is 1. The predicted octanol–water partition coefficient (Wildman–Crippen LogP) is 2.92. The van der Waals surface area contributed by atoms with E-state index in [1.165, 1.54) is 5.56 Å². The number of nitrogens with zero attached hydrogens (tertiary/aromatic N) is 3. The second kappa shape index (κ2) is 10.2. The summed E-state index contributed by atoms with van der Waals surface area (Å²) in [4.78, 5) is 26.2. The molecule has 0 aromatic carbocycles. The second-order valence-corrected chi connectivity index (χ2v) is 8.64. The lowest BCUT2D eigenvalue weighted by Gasteiger charge is -2.42. The number of hydrogen-bond donors (Lipinski definition) is 1. The summed E-state index contributed by atoms with van der Waals surface area (Å²) in [5.41, 5.74) is 2.21. The van der Waals surface area contributed by atoms with Crippen LogP contribution < -0.4 is 0 Å². The Morgan fingerprint density at radius 3 is 2.38 bits per heavy atom. The molecule has 4 rings (SSSR count). The first-order valence-corrected chi connectivity index (χ1v) is 10.9. The Balaban J connectivity index is 0.000000360. The molecular formula is C21H30F3N3O5. The van der Waals surface area contributed by atoms with Crippen molar-refractivity contribution in [2.45, 2.75) is 70.8 Å². The summed E-state index contributed by atoms with van der Waals surface area (Å²) < 4.78 is 42.5. The van der Waals surface area contributed by atoms with Gasteiger partial charge >= 0.3 is 12.1 Å². The van der Waals surface area contributed by atoms with E-state index in [2.05, 4.69) is 15.0 Å². The van der Waals surface area contributed by atoms with E-state index in [0.717, 1.165) is 70.0 Å². The molecule has 1 amide bonds. The largest absolute Gasteiger partial charge is 0.490 e. The fourth-order valence-corrected chi connectivity index (χ4v) is 4.81. The first-order chi connectivity index (χ1) is 15.1. The molecule has 0 radical (unpaired) electrons. The number of halogens is 3. The van der Waals surface area contributed by atoms with Gasteiger partial charge in [-0.1, -0.05) is 5.16 Å². The van der Waals surface area contributed by atoms with Crippen LogP contribution in [0, 0.1) is 19.8 Å². The number of ether oxygens (including phenoxy) is 1. The van der Waals surface area contributed by atoms with Crippen LogP contribution in [0.4, 0.5) is 13.2 Å². The van der Waals surface area contributed by atoms with Crippen LogP contribution in [0.15, 0.2) is 4.52 Å². The highest BCUT2D eigenvalue weighted by Gasteiger charge is 2.43. The lowest BCUT2D eigenvalue weighted by molar-refractivity contribution is -0.192. The van der Waals surface area contributed by atoms with Crippen molar-refractivity contribution in [1.29, 1.82) is 0 Å². The van der Waals surface area contributed by atoms with Crippen LogP contribution >= 0.6 is 0 Å². The molecule has 2 atom stereocenters. The minimum Gasteiger partial charge on any atom is -0.475 e. The highest BCUT2D eigenvalue weighted by Crippen LogP contribution is 2.34. The zero-order chi connectivity index (χ0) is 23.5. The topological polar surface area (TPSA) is 96.1 Å². The minimum absolute atomic E-state index is 0.354. The number of aryl methyl sites for hydroxylation is 2. The Hall–Kier alpha value is -2.14. The number of carbonyl (C=O) groups is 2. The molecule has 1 aromatic rings. The van der Waals surface area contributed by atoms with E-state index in [4.69, 9.17) is 19.2 Å². The molecule has 0 saturated carbocycles. The number of carboxylic acids is 1. The van der Waals surface area contributed by atoms with Gasteiger partial charge in [0.15, 0.2) is 0 Å². The molecule has 32 heavy (non-hydrogen) atoms. The normalized spacial score (nSPS) is 24.8. The highest BCUT2D eigenvalue weighted by atomic mass is 19.4. The monoisotopic (exact) mass is 461 g/mol. The average molecular weight is 461 g/mol. The third-order valence-corrected chi connectivity index (χ3v) is 6.58. The van der Waals surface area contributed by atoms with Crippen LogP contribution in [0.25, 0.3) is 0 Å². The summed E-state index contributed by atoms with van der Waals surface area (Å²) in [5.74, 6) is -0.876. The van der Waals surface area contributed by atoms with E-state index in [1.54, 1.807) is 0 Å². The van der Waals surface area contributed by atoms with Gasteiger partial charge in [0.05, 0.1) is 5.69 Å². The van der Waals surface area contributed by atoms with Gasteiger partial charge in [-0.2, -0.15) is 13.2 Å². The quantitative estimate of drug-likeness (QED) is 0.737. The number of fused-ring (bicyclic) bond motifs is 1. The van der Waals surface area contributed by atoms with Crippen molar-refractivity contribution in [2.75, 3.05) is 26.3 Å². The van der Waals surface area contributed by atoms with Crippen molar-refractivity contribution in [1.82, 2.24) is 15.0 Å². The number of rotatable bonds is 4. The number of aromatic nitrogens is 1. The fourth-order valence-electron chi connectivity index (χ4n) is 4.81. The molecule has 1 N–H and O–H groups in total. The molecule has 0 aliphatic carbocycles. The maximum Gasteiger partial charge on any atom is 0.490 e. The lowest BCUT2D eigenvalue weighted by atomic mass is 9.92. The third kappa shape index (κ3) is 5.80. The van der Waals surface area contributed by atoms with E-state index in [1.807, 2.05) is 13.8 Å². The standard InChI is InChI=1S/C19H29N3O3.C2HF3O2/c1-13-16(14(2)25-20-13)12-21-8-5-18-17(21)3-4-19(23)22(18)11-15-6-9-24-10-7-15;3-2(4,5)1(6)7/h15,17-18H,3-12H2,1-2H3;(H,6,7)/t17-,18-;/m0./s1. The molecule has 3 fully saturated rings. The van der Waals surface area contributed by atoms with Gasteiger partial charge in [-0.15, -0.1) is 0 Å². The molecule has 0 spiro atoms. The van der Waals surface area contributed by atoms with Crippen molar-refractivity contribution < 1.29 is 37.1 Å². The summed E-state index contributed by atoms with van der Waals surface area (Å²) in [6.45, 7) is 8.56. The van der Waals surface area contributed by atoms with Crippen LogP contribution in [0.5, 0.6) is 0 Å². The predicted molar refractivity (Wildman–Crippen MR) is 107 cm³/mol. The Labute approximate surface area is 184 Å². The van der Waals surface area contributed by atoms with E-state index in [9.17, 15) is 18.0 Å². The Kier molecular flexibility index (Phi) is 7.81. The smallest absolute Gasteiger partial charge is 0.475 e. The van der Waals surface area contributed by atoms with Gasteiger partial charge in [0.1, 0.15) is 5.76 Å². The SMILES string of the molecule is Cc1noc(C)c1CN1CC[C@H]2[C@@H]1CCC(=O)N2CC1CCOCC1.O=C(O)C(F)(F)F. The molecule has 0 unspecified atom stereocenters. The first kappa shape index (κ1) is 24.5. The first-order valence-electron chi connectivity index (χ1n) is 10.9. The molecule has 1 aromatic heterocycles. The molecular weight excluding hydrogens is 431 g/mol. The van der Waals surface area contributed by atoms with E-state index >= 15 is 0 Å². The fraction of sp³-hybridized carbons (Fsp3) is 0.762. The second-order valence-electron chi connectivity index (χ2n) is 8.64. The van der Waals surface area contributed by atoms with Crippen molar-refractivity contribution in [3.63, 3.8) is 0 Å². The van der Waals surface area contributed by atoms with Crippen molar-refractivity contribution in [3.05, 3.63) is 17.0 Å².